The Bertz CT molecular complexity index is 927. The molecule has 98 valence electrons. The Kier molecular flexibility index (Phi) is 2.31. The Balaban J connectivity index is 2.09. The van der Waals surface area contributed by atoms with Gasteiger partial charge in [0.1, 0.15) is 11.0 Å². The smallest absolute Gasteiger partial charge is 0.251 e. The van der Waals surface area contributed by atoms with Crippen LogP contribution in [0, 0.1) is 0 Å². The monoisotopic (exact) mass is 284 g/mol. The largest absolute Gasteiger partial charge is 0.418 e. The van der Waals surface area contributed by atoms with Gasteiger partial charge in [-0.3, -0.25) is 0 Å². The lowest BCUT2D eigenvalue weighted by Crippen LogP contribution is -1.87. The Labute approximate surface area is 118 Å². The Hall–Kier alpha value is -2.40. The number of hydrogen-bond donors (Lipinski definition) is 0. The number of aryl methyl sites for hydroxylation is 1. The van der Waals surface area contributed by atoms with Crippen LogP contribution in [0.1, 0.15) is 0 Å². The highest BCUT2D eigenvalue weighted by Gasteiger charge is 2.17. The van der Waals surface area contributed by atoms with Gasteiger partial charge in [0.25, 0.3) is 5.71 Å². The quantitative estimate of drug-likeness (QED) is 0.503. The van der Waals surface area contributed by atoms with Crippen LogP contribution in [0.4, 0.5) is 0 Å². The van der Waals surface area contributed by atoms with Crippen molar-refractivity contribution < 1.29 is 4.42 Å². The molecule has 1 aromatic carbocycles. The van der Waals surface area contributed by atoms with E-state index in [0.717, 1.165) is 11.1 Å². The molecule has 0 radical (unpaired) electrons. The maximum Gasteiger partial charge on any atom is 0.251 e. The fourth-order valence-corrected chi connectivity index (χ4v) is 2.46. The van der Waals surface area contributed by atoms with E-state index in [1.807, 2.05) is 41.9 Å². The van der Waals surface area contributed by atoms with Gasteiger partial charge in [0, 0.05) is 12.6 Å². The van der Waals surface area contributed by atoms with Gasteiger partial charge in [-0.25, -0.2) is 9.97 Å². The minimum Gasteiger partial charge on any atom is -0.418 e. The van der Waals surface area contributed by atoms with E-state index in [-0.39, 0.29) is 0 Å². The molecule has 0 unspecified atom stereocenters. The third-order valence-electron chi connectivity index (χ3n) is 3.19. The van der Waals surface area contributed by atoms with Crippen LogP contribution in [-0.2, 0) is 7.05 Å². The number of nitrogens with zero attached hydrogens (tertiary/aromatic N) is 4. The van der Waals surface area contributed by atoms with Crippen molar-refractivity contribution in [3.63, 3.8) is 0 Å². The molecular formula is C14H9ClN4O. The van der Waals surface area contributed by atoms with Crippen molar-refractivity contribution in [2.24, 2.45) is 7.05 Å². The van der Waals surface area contributed by atoms with E-state index in [9.17, 15) is 0 Å². The third kappa shape index (κ3) is 1.53. The third-order valence-corrected chi connectivity index (χ3v) is 3.45. The molecule has 4 rings (SSSR count). The summed E-state index contributed by atoms with van der Waals surface area (Å²) in [5.74, 6) is 0.526. The molecule has 0 saturated heterocycles. The van der Waals surface area contributed by atoms with Gasteiger partial charge < -0.3 is 8.98 Å². The summed E-state index contributed by atoms with van der Waals surface area (Å²) in [5.41, 5.74) is 3.45. The van der Waals surface area contributed by atoms with Gasteiger partial charge in [-0.15, -0.1) is 0 Å². The molecule has 0 atom stereocenters. The van der Waals surface area contributed by atoms with Crippen LogP contribution in [0.2, 0.25) is 5.15 Å². The Morgan fingerprint density at radius 3 is 2.70 bits per heavy atom. The van der Waals surface area contributed by atoms with E-state index in [2.05, 4.69) is 15.0 Å². The summed E-state index contributed by atoms with van der Waals surface area (Å²) in [6.45, 7) is 0. The van der Waals surface area contributed by atoms with Crippen LogP contribution < -0.4 is 0 Å². The summed E-state index contributed by atoms with van der Waals surface area (Å²) in [4.78, 5) is 13.0. The molecule has 0 saturated carbocycles. The number of fused-ring (bicyclic) bond motifs is 3. The molecule has 0 aliphatic carbocycles. The molecule has 6 heteroatoms. The number of benzene rings is 1. The first-order chi connectivity index (χ1) is 9.74. The van der Waals surface area contributed by atoms with Crippen molar-refractivity contribution in [3.05, 3.63) is 41.8 Å². The molecule has 5 nitrogen and oxygen atoms in total. The first-order valence-corrected chi connectivity index (χ1v) is 6.44. The van der Waals surface area contributed by atoms with Gasteiger partial charge in [0.05, 0.1) is 6.33 Å². The van der Waals surface area contributed by atoms with Crippen LogP contribution in [0.3, 0.4) is 0 Å². The lowest BCUT2D eigenvalue weighted by Gasteiger charge is -1.95. The maximum atomic E-state index is 6.13. The predicted molar refractivity (Wildman–Crippen MR) is 76.5 cm³/mol. The number of pyridine rings is 1. The van der Waals surface area contributed by atoms with Crippen molar-refractivity contribution >= 4 is 33.9 Å². The zero-order valence-electron chi connectivity index (χ0n) is 10.5. The molecule has 0 fully saturated rings. The van der Waals surface area contributed by atoms with Crippen LogP contribution in [0.25, 0.3) is 33.7 Å². The van der Waals surface area contributed by atoms with Crippen molar-refractivity contribution in [1.29, 1.82) is 0 Å². The van der Waals surface area contributed by atoms with E-state index in [1.54, 1.807) is 6.33 Å². The number of rotatable bonds is 1. The SMILES string of the molecule is Cn1cnc2c(Cl)nc3oc(-c4ccccc4)nc3c21. The molecule has 0 bridgehead atoms. The minimum absolute atomic E-state index is 0.323. The van der Waals surface area contributed by atoms with Crippen molar-refractivity contribution in [2.75, 3.05) is 0 Å². The van der Waals surface area contributed by atoms with Crippen molar-refractivity contribution in [2.45, 2.75) is 0 Å². The highest BCUT2D eigenvalue weighted by atomic mass is 35.5. The molecule has 4 aromatic rings. The summed E-state index contributed by atoms with van der Waals surface area (Å²) in [6.07, 6.45) is 1.69. The normalized spacial score (nSPS) is 11.5. The van der Waals surface area contributed by atoms with Crippen LogP contribution in [0.15, 0.2) is 41.1 Å². The van der Waals surface area contributed by atoms with Gasteiger partial charge in [-0.05, 0) is 12.1 Å². The van der Waals surface area contributed by atoms with E-state index < -0.39 is 0 Å². The van der Waals surface area contributed by atoms with Crippen LogP contribution in [-0.4, -0.2) is 19.5 Å². The fourth-order valence-electron chi connectivity index (χ4n) is 2.25. The van der Waals surface area contributed by atoms with Crippen LogP contribution >= 0.6 is 11.6 Å². The summed E-state index contributed by atoms with van der Waals surface area (Å²) < 4.78 is 7.58. The zero-order valence-corrected chi connectivity index (χ0v) is 11.3. The molecule has 0 amide bonds. The fraction of sp³-hybridized carbons (Fsp3) is 0.0714. The molecule has 3 heterocycles. The number of aromatic nitrogens is 4. The first-order valence-electron chi connectivity index (χ1n) is 6.06. The Morgan fingerprint density at radius 2 is 1.90 bits per heavy atom. The van der Waals surface area contributed by atoms with Crippen LogP contribution in [0.5, 0.6) is 0 Å². The lowest BCUT2D eigenvalue weighted by atomic mass is 10.2. The average molecular weight is 285 g/mol. The van der Waals surface area contributed by atoms with Crippen molar-refractivity contribution in [3.8, 4) is 11.5 Å². The molecule has 0 aliphatic heterocycles. The standard InChI is InChI=1S/C14H9ClN4O/c1-19-7-16-9-11(19)10-14(18-12(9)15)20-13(17-10)8-5-3-2-4-6-8/h2-7H,1H3. The first kappa shape index (κ1) is 11.4. The lowest BCUT2D eigenvalue weighted by molar-refractivity contribution is 0.608. The number of halogens is 1. The van der Waals surface area contributed by atoms with E-state index in [1.165, 1.54) is 0 Å². The second kappa shape index (κ2) is 4.05. The molecular weight excluding hydrogens is 276 g/mol. The summed E-state index contributed by atoms with van der Waals surface area (Å²) in [5, 5.41) is 0.323. The van der Waals surface area contributed by atoms with Crippen molar-refractivity contribution in [1.82, 2.24) is 19.5 Å². The summed E-state index contributed by atoms with van der Waals surface area (Å²) in [6, 6.07) is 9.69. The number of imidazole rings is 1. The second-order valence-electron chi connectivity index (χ2n) is 4.49. The molecule has 3 aromatic heterocycles. The Morgan fingerprint density at radius 1 is 1.10 bits per heavy atom. The average Bonchev–Trinajstić information content (AvgIpc) is 3.04. The van der Waals surface area contributed by atoms with Gasteiger partial charge in [-0.2, -0.15) is 4.98 Å². The van der Waals surface area contributed by atoms with Gasteiger partial charge in [-0.1, -0.05) is 29.8 Å². The molecule has 0 aliphatic rings. The van der Waals surface area contributed by atoms with Gasteiger partial charge >= 0.3 is 0 Å². The second-order valence-corrected chi connectivity index (χ2v) is 4.85. The maximum absolute atomic E-state index is 6.13. The van der Waals surface area contributed by atoms with E-state index in [0.29, 0.717) is 27.8 Å². The van der Waals surface area contributed by atoms with Gasteiger partial charge in [0.2, 0.25) is 5.89 Å². The predicted octanol–water partition coefficient (Wildman–Crippen LogP) is 3.43. The number of hydrogen-bond acceptors (Lipinski definition) is 4. The summed E-state index contributed by atoms with van der Waals surface area (Å²) in [7, 11) is 1.89. The minimum atomic E-state index is 0.323. The zero-order chi connectivity index (χ0) is 13.7. The van der Waals surface area contributed by atoms with Gasteiger partial charge in [0.15, 0.2) is 10.7 Å². The molecule has 0 N–H and O–H groups in total. The molecule has 20 heavy (non-hydrogen) atoms. The highest BCUT2D eigenvalue weighted by Crippen LogP contribution is 2.30. The van der Waals surface area contributed by atoms with E-state index in [4.69, 9.17) is 16.0 Å². The topological polar surface area (TPSA) is 56.7 Å². The number of oxazole rings is 1. The molecule has 0 spiro atoms. The summed E-state index contributed by atoms with van der Waals surface area (Å²) >= 11 is 6.13. The highest BCUT2D eigenvalue weighted by molar-refractivity contribution is 6.34. The van der Waals surface area contributed by atoms with E-state index >= 15 is 0 Å².